The number of aromatic nitrogens is 1. The molecule has 17 heavy (non-hydrogen) atoms. The van der Waals surface area contributed by atoms with Gasteiger partial charge in [0.25, 0.3) is 0 Å². The summed E-state index contributed by atoms with van der Waals surface area (Å²) in [5.74, 6) is 0.965. The van der Waals surface area contributed by atoms with Crippen LogP contribution in [0, 0.1) is 5.92 Å². The summed E-state index contributed by atoms with van der Waals surface area (Å²) in [5, 5.41) is 3.65. The lowest BCUT2D eigenvalue weighted by Crippen LogP contribution is -2.52. The molecule has 0 aromatic carbocycles. The minimum atomic E-state index is 0.757. The van der Waals surface area contributed by atoms with Crippen LogP contribution in [0.5, 0.6) is 0 Å². The van der Waals surface area contributed by atoms with Crippen LogP contribution < -0.4 is 5.32 Å². The van der Waals surface area contributed by atoms with Crippen LogP contribution in [-0.4, -0.2) is 42.1 Å². The zero-order valence-electron chi connectivity index (χ0n) is 10.3. The van der Waals surface area contributed by atoms with Gasteiger partial charge in [0.15, 0.2) is 0 Å². The Bertz CT molecular complexity index is 348. The van der Waals surface area contributed by atoms with Crippen molar-refractivity contribution in [2.24, 2.45) is 5.92 Å². The van der Waals surface area contributed by atoms with Gasteiger partial charge in [0.05, 0.1) is 0 Å². The van der Waals surface area contributed by atoms with Gasteiger partial charge in [-0.3, -0.25) is 4.98 Å². The Labute approximate surface area is 103 Å². The molecular formula is C14H21N3. The molecule has 1 aliphatic heterocycles. The van der Waals surface area contributed by atoms with Crippen molar-refractivity contribution >= 4 is 0 Å². The molecule has 2 aliphatic rings. The minimum Gasteiger partial charge on any atom is -0.311 e. The summed E-state index contributed by atoms with van der Waals surface area (Å²) in [6.45, 7) is 4.73. The number of hydrogen-bond donors (Lipinski definition) is 1. The zero-order chi connectivity index (χ0) is 11.5. The Hall–Kier alpha value is -0.930. The first-order chi connectivity index (χ1) is 8.42. The van der Waals surface area contributed by atoms with E-state index in [1.165, 1.54) is 31.6 Å². The van der Waals surface area contributed by atoms with E-state index in [-0.39, 0.29) is 0 Å². The van der Waals surface area contributed by atoms with E-state index >= 15 is 0 Å². The second-order valence-corrected chi connectivity index (χ2v) is 5.27. The summed E-state index contributed by atoms with van der Waals surface area (Å²) in [5.41, 5.74) is 1.22. The molecule has 3 rings (SSSR count). The fraction of sp³-hybridized carbons (Fsp3) is 0.643. The van der Waals surface area contributed by atoms with E-state index in [9.17, 15) is 0 Å². The first-order valence-corrected chi connectivity index (χ1v) is 6.77. The summed E-state index contributed by atoms with van der Waals surface area (Å²) in [6, 6.07) is 6.94. The van der Waals surface area contributed by atoms with E-state index in [1.54, 1.807) is 0 Å². The number of piperazine rings is 1. The van der Waals surface area contributed by atoms with Gasteiger partial charge in [-0.25, -0.2) is 0 Å². The highest BCUT2D eigenvalue weighted by molar-refractivity contribution is 5.04. The van der Waals surface area contributed by atoms with E-state index < -0.39 is 0 Å². The second kappa shape index (κ2) is 5.15. The molecular weight excluding hydrogens is 210 g/mol. The standard InChI is InChI=1S/C14H21N3/c1-2-7-15-13(3-1)6-9-17-10-8-16-14(11-17)12-4-5-12/h1-3,7,12,14,16H,4-6,8-11H2. The van der Waals surface area contributed by atoms with Crippen LogP contribution in [0.25, 0.3) is 0 Å². The Morgan fingerprint density at radius 3 is 3.06 bits per heavy atom. The van der Waals surface area contributed by atoms with Gasteiger partial charge in [-0.2, -0.15) is 0 Å². The van der Waals surface area contributed by atoms with Crippen molar-refractivity contribution in [3.63, 3.8) is 0 Å². The van der Waals surface area contributed by atoms with E-state index in [0.717, 1.165) is 31.5 Å². The van der Waals surface area contributed by atoms with Crippen LogP contribution in [0.1, 0.15) is 18.5 Å². The maximum absolute atomic E-state index is 4.39. The first kappa shape index (κ1) is 11.2. The maximum Gasteiger partial charge on any atom is 0.0416 e. The third-order valence-corrected chi connectivity index (χ3v) is 3.89. The highest BCUT2D eigenvalue weighted by atomic mass is 15.2. The third-order valence-electron chi connectivity index (χ3n) is 3.89. The number of rotatable bonds is 4. The summed E-state index contributed by atoms with van der Waals surface area (Å²) >= 11 is 0. The van der Waals surface area contributed by atoms with Gasteiger partial charge < -0.3 is 10.2 Å². The van der Waals surface area contributed by atoms with Crippen LogP contribution in [0.2, 0.25) is 0 Å². The molecule has 0 bridgehead atoms. The van der Waals surface area contributed by atoms with E-state index in [0.29, 0.717) is 0 Å². The van der Waals surface area contributed by atoms with Crippen LogP contribution in [0.15, 0.2) is 24.4 Å². The zero-order valence-corrected chi connectivity index (χ0v) is 10.3. The fourth-order valence-corrected chi connectivity index (χ4v) is 2.68. The lowest BCUT2D eigenvalue weighted by Gasteiger charge is -2.33. The molecule has 1 aromatic rings. The molecule has 1 saturated heterocycles. The molecule has 1 N–H and O–H groups in total. The average molecular weight is 231 g/mol. The second-order valence-electron chi connectivity index (χ2n) is 5.27. The number of pyridine rings is 1. The lowest BCUT2D eigenvalue weighted by molar-refractivity contribution is 0.190. The Morgan fingerprint density at radius 2 is 2.29 bits per heavy atom. The third kappa shape index (κ3) is 3.05. The minimum absolute atomic E-state index is 0.757. The van der Waals surface area contributed by atoms with Crippen molar-refractivity contribution < 1.29 is 0 Å². The monoisotopic (exact) mass is 231 g/mol. The normalized spacial score (nSPS) is 26.0. The van der Waals surface area contributed by atoms with Crippen molar-refractivity contribution in [3.8, 4) is 0 Å². The van der Waals surface area contributed by atoms with Gasteiger partial charge in [0.2, 0.25) is 0 Å². The quantitative estimate of drug-likeness (QED) is 0.847. The number of hydrogen-bond acceptors (Lipinski definition) is 3. The number of nitrogens with zero attached hydrogens (tertiary/aromatic N) is 2. The summed E-state index contributed by atoms with van der Waals surface area (Å²) in [7, 11) is 0. The van der Waals surface area contributed by atoms with Gasteiger partial charge in [0, 0.05) is 50.5 Å². The predicted molar refractivity (Wildman–Crippen MR) is 68.9 cm³/mol. The predicted octanol–water partition coefficient (Wildman–Crippen LogP) is 1.31. The Balaban J connectivity index is 1.48. The molecule has 0 spiro atoms. The SMILES string of the molecule is c1ccc(CCN2CCNC(C3CC3)C2)nc1. The summed E-state index contributed by atoms with van der Waals surface area (Å²) < 4.78 is 0. The van der Waals surface area contributed by atoms with Gasteiger partial charge in [-0.15, -0.1) is 0 Å². The van der Waals surface area contributed by atoms with Crippen molar-refractivity contribution in [1.82, 2.24) is 15.2 Å². The molecule has 0 radical (unpaired) electrons. The Morgan fingerprint density at radius 1 is 1.35 bits per heavy atom. The smallest absolute Gasteiger partial charge is 0.0416 e. The van der Waals surface area contributed by atoms with Gasteiger partial charge in [-0.05, 0) is 30.9 Å². The van der Waals surface area contributed by atoms with E-state index in [4.69, 9.17) is 0 Å². The van der Waals surface area contributed by atoms with Crippen molar-refractivity contribution in [2.45, 2.75) is 25.3 Å². The molecule has 92 valence electrons. The molecule has 2 heterocycles. The van der Waals surface area contributed by atoms with Crippen molar-refractivity contribution in [3.05, 3.63) is 30.1 Å². The molecule has 1 atom stereocenters. The van der Waals surface area contributed by atoms with Crippen molar-refractivity contribution in [1.29, 1.82) is 0 Å². The van der Waals surface area contributed by atoms with Gasteiger partial charge in [0.1, 0.15) is 0 Å². The molecule has 1 aliphatic carbocycles. The average Bonchev–Trinajstić information content (AvgIpc) is 3.22. The highest BCUT2D eigenvalue weighted by Crippen LogP contribution is 2.33. The summed E-state index contributed by atoms with van der Waals surface area (Å²) in [4.78, 5) is 6.98. The summed E-state index contributed by atoms with van der Waals surface area (Å²) in [6.07, 6.45) is 5.84. The van der Waals surface area contributed by atoms with Crippen LogP contribution in [-0.2, 0) is 6.42 Å². The molecule has 3 nitrogen and oxygen atoms in total. The van der Waals surface area contributed by atoms with Crippen LogP contribution in [0.3, 0.4) is 0 Å². The number of nitrogens with one attached hydrogen (secondary N) is 1. The van der Waals surface area contributed by atoms with Crippen LogP contribution in [0.4, 0.5) is 0 Å². The molecule has 1 unspecified atom stereocenters. The fourth-order valence-electron chi connectivity index (χ4n) is 2.68. The first-order valence-electron chi connectivity index (χ1n) is 6.77. The largest absolute Gasteiger partial charge is 0.311 e. The lowest BCUT2D eigenvalue weighted by atomic mass is 10.1. The molecule has 3 heteroatoms. The maximum atomic E-state index is 4.39. The van der Waals surface area contributed by atoms with Crippen LogP contribution >= 0.6 is 0 Å². The molecule has 1 saturated carbocycles. The molecule has 2 fully saturated rings. The topological polar surface area (TPSA) is 28.2 Å². The molecule has 1 aromatic heterocycles. The van der Waals surface area contributed by atoms with Gasteiger partial charge in [-0.1, -0.05) is 6.07 Å². The highest BCUT2D eigenvalue weighted by Gasteiger charge is 2.33. The molecule has 0 amide bonds. The van der Waals surface area contributed by atoms with E-state index in [2.05, 4.69) is 27.3 Å². The van der Waals surface area contributed by atoms with Gasteiger partial charge >= 0.3 is 0 Å². The van der Waals surface area contributed by atoms with Crippen molar-refractivity contribution in [2.75, 3.05) is 26.2 Å². The van der Waals surface area contributed by atoms with E-state index in [1.807, 2.05) is 12.3 Å². The Kier molecular flexibility index (Phi) is 3.39.